The first-order valence-corrected chi connectivity index (χ1v) is 7.23. The van der Waals surface area contributed by atoms with Gasteiger partial charge in [-0.25, -0.2) is 4.39 Å². The van der Waals surface area contributed by atoms with E-state index in [0.717, 1.165) is 17.7 Å². The molecule has 0 heterocycles. The highest BCUT2D eigenvalue weighted by Gasteiger charge is 2.10. The van der Waals surface area contributed by atoms with Crippen LogP contribution < -0.4 is 10.1 Å². The standard InChI is InChI=1S/C18H22FNO/c1-13(11-15-5-4-6-17(19)12-15)20-14(2)16-7-9-18(21-3)10-8-16/h4-10,12-14,20H,11H2,1-3H3/t13?,14-/m1/s1. The van der Waals surface area contributed by atoms with E-state index in [0.29, 0.717) is 0 Å². The molecular formula is C18H22FNO. The van der Waals surface area contributed by atoms with E-state index in [1.807, 2.05) is 18.2 Å². The van der Waals surface area contributed by atoms with Crippen LogP contribution in [0.5, 0.6) is 5.75 Å². The Bertz CT molecular complexity index is 568. The van der Waals surface area contributed by atoms with Crippen molar-refractivity contribution in [1.29, 1.82) is 0 Å². The SMILES string of the molecule is COc1ccc([C@@H](C)NC(C)Cc2cccc(F)c2)cc1. The predicted octanol–water partition coefficient (Wildman–Crippen LogP) is 4.12. The maximum atomic E-state index is 13.2. The molecule has 0 bridgehead atoms. The molecule has 0 aliphatic carbocycles. The highest BCUT2D eigenvalue weighted by atomic mass is 19.1. The summed E-state index contributed by atoms with van der Waals surface area (Å²) in [6.45, 7) is 4.24. The molecule has 1 N–H and O–H groups in total. The average Bonchev–Trinajstić information content (AvgIpc) is 2.47. The second-order valence-corrected chi connectivity index (χ2v) is 5.40. The molecule has 0 amide bonds. The van der Waals surface area contributed by atoms with Gasteiger partial charge in [0.2, 0.25) is 0 Å². The summed E-state index contributed by atoms with van der Waals surface area (Å²) in [5.74, 6) is 0.682. The summed E-state index contributed by atoms with van der Waals surface area (Å²) in [5.41, 5.74) is 2.22. The summed E-state index contributed by atoms with van der Waals surface area (Å²) >= 11 is 0. The Morgan fingerprint density at radius 1 is 1.10 bits per heavy atom. The van der Waals surface area contributed by atoms with E-state index in [1.54, 1.807) is 19.2 Å². The van der Waals surface area contributed by atoms with Crippen molar-refractivity contribution in [1.82, 2.24) is 5.32 Å². The van der Waals surface area contributed by atoms with Gasteiger partial charge in [0, 0.05) is 12.1 Å². The molecule has 2 aromatic carbocycles. The minimum Gasteiger partial charge on any atom is -0.497 e. The number of rotatable bonds is 6. The Morgan fingerprint density at radius 3 is 2.43 bits per heavy atom. The molecule has 2 nitrogen and oxygen atoms in total. The molecule has 0 radical (unpaired) electrons. The van der Waals surface area contributed by atoms with Crippen LogP contribution in [-0.4, -0.2) is 13.2 Å². The fourth-order valence-electron chi connectivity index (χ4n) is 2.49. The van der Waals surface area contributed by atoms with Gasteiger partial charge >= 0.3 is 0 Å². The number of ether oxygens (including phenoxy) is 1. The van der Waals surface area contributed by atoms with Gasteiger partial charge in [-0.2, -0.15) is 0 Å². The van der Waals surface area contributed by atoms with E-state index in [4.69, 9.17) is 4.74 Å². The predicted molar refractivity (Wildman–Crippen MR) is 84.1 cm³/mol. The van der Waals surface area contributed by atoms with E-state index < -0.39 is 0 Å². The molecule has 21 heavy (non-hydrogen) atoms. The minimum atomic E-state index is -0.178. The molecule has 0 aliphatic heterocycles. The summed E-state index contributed by atoms with van der Waals surface area (Å²) in [6, 6.07) is 15.3. The lowest BCUT2D eigenvalue weighted by Crippen LogP contribution is -2.30. The van der Waals surface area contributed by atoms with Crippen LogP contribution in [0, 0.1) is 5.82 Å². The van der Waals surface area contributed by atoms with Gasteiger partial charge in [0.25, 0.3) is 0 Å². The fraction of sp³-hybridized carbons (Fsp3) is 0.333. The third-order valence-corrected chi connectivity index (χ3v) is 3.58. The van der Waals surface area contributed by atoms with Crippen LogP contribution in [-0.2, 0) is 6.42 Å². The van der Waals surface area contributed by atoms with Crippen LogP contribution in [0.4, 0.5) is 4.39 Å². The normalized spacial score (nSPS) is 13.7. The van der Waals surface area contributed by atoms with Crippen molar-refractivity contribution in [2.45, 2.75) is 32.4 Å². The molecule has 0 saturated heterocycles. The molecular weight excluding hydrogens is 265 g/mol. The maximum absolute atomic E-state index is 13.2. The van der Waals surface area contributed by atoms with Crippen molar-refractivity contribution >= 4 is 0 Å². The number of hydrogen-bond acceptors (Lipinski definition) is 2. The van der Waals surface area contributed by atoms with Crippen LogP contribution in [0.2, 0.25) is 0 Å². The summed E-state index contributed by atoms with van der Waals surface area (Å²) in [7, 11) is 1.66. The zero-order valence-electron chi connectivity index (χ0n) is 12.8. The third-order valence-electron chi connectivity index (χ3n) is 3.58. The molecule has 112 valence electrons. The van der Waals surface area contributed by atoms with Gasteiger partial charge in [-0.05, 0) is 55.7 Å². The van der Waals surface area contributed by atoms with Crippen LogP contribution in [0.25, 0.3) is 0 Å². The van der Waals surface area contributed by atoms with Gasteiger partial charge in [-0.15, -0.1) is 0 Å². The minimum absolute atomic E-state index is 0.178. The van der Waals surface area contributed by atoms with Gasteiger partial charge in [0.15, 0.2) is 0 Å². The third kappa shape index (κ3) is 4.57. The lowest BCUT2D eigenvalue weighted by molar-refractivity contribution is 0.414. The smallest absolute Gasteiger partial charge is 0.123 e. The summed E-state index contributed by atoms with van der Waals surface area (Å²) in [6.07, 6.45) is 0.804. The van der Waals surface area contributed by atoms with Crippen molar-refractivity contribution in [3.8, 4) is 5.75 Å². The average molecular weight is 287 g/mol. The van der Waals surface area contributed by atoms with Crippen molar-refractivity contribution in [2.24, 2.45) is 0 Å². The molecule has 1 unspecified atom stereocenters. The molecule has 0 aliphatic rings. The Hall–Kier alpha value is -1.87. The summed E-state index contributed by atoms with van der Waals surface area (Å²) < 4.78 is 18.3. The van der Waals surface area contributed by atoms with Crippen molar-refractivity contribution in [3.63, 3.8) is 0 Å². The van der Waals surface area contributed by atoms with E-state index in [-0.39, 0.29) is 17.9 Å². The van der Waals surface area contributed by atoms with Crippen LogP contribution >= 0.6 is 0 Å². The highest BCUT2D eigenvalue weighted by molar-refractivity contribution is 5.29. The lowest BCUT2D eigenvalue weighted by Gasteiger charge is -2.20. The zero-order chi connectivity index (χ0) is 15.2. The first kappa shape index (κ1) is 15.5. The number of hydrogen-bond donors (Lipinski definition) is 1. The van der Waals surface area contributed by atoms with Gasteiger partial charge < -0.3 is 10.1 Å². The van der Waals surface area contributed by atoms with E-state index in [2.05, 4.69) is 31.3 Å². The molecule has 0 spiro atoms. The van der Waals surface area contributed by atoms with Crippen molar-refractivity contribution in [3.05, 3.63) is 65.5 Å². The van der Waals surface area contributed by atoms with Crippen molar-refractivity contribution < 1.29 is 9.13 Å². The Balaban J connectivity index is 1.93. The van der Waals surface area contributed by atoms with Gasteiger partial charge in [-0.3, -0.25) is 0 Å². The van der Waals surface area contributed by atoms with Gasteiger partial charge in [-0.1, -0.05) is 24.3 Å². The largest absolute Gasteiger partial charge is 0.497 e. The Morgan fingerprint density at radius 2 is 1.81 bits per heavy atom. The Labute approximate surface area is 126 Å². The topological polar surface area (TPSA) is 21.3 Å². The quantitative estimate of drug-likeness (QED) is 0.863. The van der Waals surface area contributed by atoms with E-state index >= 15 is 0 Å². The number of halogens is 1. The van der Waals surface area contributed by atoms with E-state index in [1.165, 1.54) is 11.6 Å². The van der Waals surface area contributed by atoms with Gasteiger partial charge in [0.1, 0.15) is 11.6 Å². The fourth-order valence-corrected chi connectivity index (χ4v) is 2.49. The van der Waals surface area contributed by atoms with Gasteiger partial charge in [0.05, 0.1) is 7.11 Å². The molecule has 2 rings (SSSR count). The van der Waals surface area contributed by atoms with Crippen molar-refractivity contribution in [2.75, 3.05) is 7.11 Å². The molecule has 0 fully saturated rings. The molecule has 2 aromatic rings. The molecule has 0 saturated carbocycles. The number of benzene rings is 2. The van der Waals surface area contributed by atoms with Crippen LogP contribution in [0.3, 0.4) is 0 Å². The molecule has 3 heteroatoms. The first-order valence-electron chi connectivity index (χ1n) is 7.23. The highest BCUT2D eigenvalue weighted by Crippen LogP contribution is 2.18. The lowest BCUT2D eigenvalue weighted by atomic mass is 10.0. The first-order chi connectivity index (χ1) is 10.1. The zero-order valence-corrected chi connectivity index (χ0v) is 12.8. The van der Waals surface area contributed by atoms with Crippen LogP contribution in [0.1, 0.15) is 31.0 Å². The molecule has 2 atom stereocenters. The van der Waals surface area contributed by atoms with Crippen LogP contribution in [0.15, 0.2) is 48.5 Å². The monoisotopic (exact) mass is 287 g/mol. The summed E-state index contributed by atoms with van der Waals surface area (Å²) in [4.78, 5) is 0. The maximum Gasteiger partial charge on any atom is 0.123 e. The number of nitrogens with one attached hydrogen (secondary N) is 1. The second kappa shape index (κ2) is 7.23. The molecule has 0 aromatic heterocycles. The second-order valence-electron chi connectivity index (χ2n) is 5.40. The summed E-state index contributed by atoms with van der Waals surface area (Å²) in [5, 5.41) is 3.54. The Kier molecular flexibility index (Phi) is 5.34. The van der Waals surface area contributed by atoms with E-state index in [9.17, 15) is 4.39 Å². The number of methoxy groups -OCH3 is 1.